The van der Waals surface area contributed by atoms with Gasteiger partial charge in [-0.05, 0) is 18.6 Å². The van der Waals surface area contributed by atoms with Crippen LogP contribution in [-0.2, 0) is 4.79 Å². The summed E-state index contributed by atoms with van der Waals surface area (Å²) < 4.78 is 0. The number of hydrogen-bond donors (Lipinski definition) is 1. The van der Waals surface area contributed by atoms with Crippen LogP contribution in [0.2, 0.25) is 5.02 Å². The Morgan fingerprint density at radius 2 is 2.12 bits per heavy atom. The quantitative estimate of drug-likeness (QED) is 0.515. The third-order valence-corrected chi connectivity index (χ3v) is 3.06. The fourth-order valence-corrected chi connectivity index (χ4v) is 1.82. The number of carbonyl (C=O) groups is 1. The van der Waals surface area contributed by atoms with E-state index in [-0.39, 0.29) is 15.8 Å². The van der Waals surface area contributed by atoms with Crippen LogP contribution in [0, 0.1) is 17.0 Å². The summed E-state index contributed by atoms with van der Waals surface area (Å²) in [5.74, 6) is -0.477. The van der Waals surface area contributed by atoms with Crippen LogP contribution in [0.5, 0.6) is 0 Å². The molecule has 86 valence electrons. The molecule has 0 saturated heterocycles. The summed E-state index contributed by atoms with van der Waals surface area (Å²) in [6.45, 7) is 3.26. The zero-order chi connectivity index (χ0) is 12.5. The predicted octanol–water partition coefficient (Wildman–Crippen LogP) is 3.12. The highest BCUT2D eigenvalue weighted by molar-refractivity contribution is 7.96. The number of nitro groups is 1. The Hall–Kier alpha value is -1.07. The lowest BCUT2D eigenvalue weighted by Gasteiger charge is -2.10. The van der Waals surface area contributed by atoms with E-state index in [0.717, 1.165) is 0 Å². The number of benzene rings is 1. The molecule has 0 spiro atoms. The van der Waals surface area contributed by atoms with E-state index in [1.165, 1.54) is 6.07 Å². The molecule has 1 rings (SSSR count). The molecule has 0 heterocycles. The van der Waals surface area contributed by atoms with Crippen LogP contribution in [0.3, 0.4) is 0 Å². The number of aryl methyl sites for hydroxylation is 1. The number of halogens is 1. The Bertz CT molecular complexity index is 462. The topological polar surface area (TPSA) is 60.2 Å². The molecule has 0 bridgehead atoms. The molecule has 0 aromatic heterocycles. The van der Waals surface area contributed by atoms with E-state index >= 15 is 0 Å². The normalized spacial score (nSPS) is 12.2. The average Bonchev–Trinajstić information content (AvgIpc) is 2.19. The molecule has 0 amide bonds. The van der Waals surface area contributed by atoms with Gasteiger partial charge in [-0.25, -0.2) is 0 Å². The standard InChI is InChI=1S/C10H10ClNO3S/c1-5-3-7(6(2)10(13)16)8(11)4-9(5)12(14)15/h3-4,6H,1-2H3,(H,13,16). The summed E-state index contributed by atoms with van der Waals surface area (Å²) in [4.78, 5) is 21.3. The van der Waals surface area contributed by atoms with Crippen LogP contribution in [0.25, 0.3) is 0 Å². The minimum absolute atomic E-state index is 0.0486. The van der Waals surface area contributed by atoms with Gasteiger partial charge in [-0.15, -0.1) is 12.6 Å². The molecule has 16 heavy (non-hydrogen) atoms. The van der Waals surface area contributed by atoms with Crippen molar-refractivity contribution in [3.8, 4) is 0 Å². The first kappa shape index (κ1) is 13.0. The number of nitro benzene ring substituents is 1. The summed E-state index contributed by atoms with van der Waals surface area (Å²) in [7, 11) is 0. The van der Waals surface area contributed by atoms with Crippen LogP contribution in [0.1, 0.15) is 24.0 Å². The Kier molecular flexibility index (Phi) is 3.93. The van der Waals surface area contributed by atoms with E-state index in [9.17, 15) is 14.9 Å². The molecule has 1 atom stereocenters. The number of hydrogen-bond acceptors (Lipinski definition) is 3. The lowest BCUT2D eigenvalue weighted by Crippen LogP contribution is -2.04. The van der Waals surface area contributed by atoms with E-state index in [0.29, 0.717) is 11.1 Å². The highest BCUT2D eigenvalue weighted by Gasteiger charge is 2.20. The SMILES string of the molecule is Cc1cc(C(C)C(=O)S)c(Cl)cc1[N+](=O)[O-]. The second-order valence-corrected chi connectivity index (χ2v) is 4.33. The van der Waals surface area contributed by atoms with E-state index in [1.807, 2.05) is 0 Å². The summed E-state index contributed by atoms with van der Waals surface area (Å²) in [6, 6.07) is 2.82. The van der Waals surface area contributed by atoms with Gasteiger partial charge in [0.1, 0.15) is 0 Å². The smallest absolute Gasteiger partial charge is 0.273 e. The molecule has 0 aliphatic carbocycles. The van der Waals surface area contributed by atoms with Crippen molar-refractivity contribution in [2.45, 2.75) is 19.8 Å². The largest absolute Gasteiger partial charge is 0.287 e. The molecule has 0 radical (unpaired) electrons. The van der Waals surface area contributed by atoms with Crippen LogP contribution < -0.4 is 0 Å². The van der Waals surface area contributed by atoms with Crippen molar-refractivity contribution in [2.75, 3.05) is 0 Å². The molecule has 0 fully saturated rings. The lowest BCUT2D eigenvalue weighted by molar-refractivity contribution is -0.385. The minimum atomic E-state index is -0.502. The fourth-order valence-electron chi connectivity index (χ4n) is 1.35. The molecule has 1 aromatic carbocycles. The Labute approximate surface area is 103 Å². The third-order valence-electron chi connectivity index (χ3n) is 2.35. The molecule has 6 heteroatoms. The monoisotopic (exact) mass is 259 g/mol. The maximum atomic E-state index is 11.1. The van der Waals surface area contributed by atoms with Crippen molar-refractivity contribution >= 4 is 35.0 Å². The van der Waals surface area contributed by atoms with Crippen molar-refractivity contribution < 1.29 is 9.72 Å². The van der Waals surface area contributed by atoms with Crippen molar-refractivity contribution in [1.29, 1.82) is 0 Å². The zero-order valence-electron chi connectivity index (χ0n) is 8.73. The van der Waals surface area contributed by atoms with Gasteiger partial charge in [0, 0.05) is 11.6 Å². The molecule has 1 unspecified atom stereocenters. The van der Waals surface area contributed by atoms with Crippen molar-refractivity contribution in [2.24, 2.45) is 0 Å². The predicted molar refractivity (Wildman–Crippen MR) is 65.3 cm³/mol. The second kappa shape index (κ2) is 4.84. The highest BCUT2D eigenvalue weighted by Crippen LogP contribution is 2.32. The molecule has 0 aliphatic heterocycles. The van der Waals surface area contributed by atoms with Crippen LogP contribution >= 0.6 is 24.2 Å². The number of rotatable bonds is 3. The number of thiol groups is 1. The summed E-state index contributed by atoms with van der Waals surface area (Å²) in [5, 5.41) is 10.5. The number of carbonyl (C=O) groups excluding carboxylic acids is 1. The van der Waals surface area contributed by atoms with Gasteiger partial charge in [0.05, 0.1) is 15.9 Å². The molecular formula is C10H10ClNO3S. The Morgan fingerprint density at radius 3 is 2.56 bits per heavy atom. The van der Waals surface area contributed by atoms with Gasteiger partial charge in [-0.3, -0.25) is 14.9 Å². The molecule has 0 N–H and O–H groups in total. The van der Waals surface area contributed by atoms with E-state index < -0.39 is 10.8 Å². The van der Waals surface area contributed by atoms with Crippen molar-refractivity contribution in [3.63, 3.8) is 0 Å². The van der Waals surface area contributed by atoms with E-state index in [1.54, 1.807) is 19.9 Å². The Balaban J connectivity index is 3.31. The average molecular weight is 260 g/mol. The van der Waals surface area contributed by atoms with Gasteiger partial charge in [0.25, 0.3) is 5.69 Å². The molecule has 1 aromatic rings. The molecule has 0 aliphatic rings. The first-order chi connectivity index (χ1) is 7.34. The van der Waals surface area contributed by atoms with Gasteiger partial charge < -0.3 is 0 Å². The van der Waals surface area contributed by atoms with Gasteiger partial charge in [0.2, 0.25) is 0 Å². The number of nitrogens with zero attached hydrogens (tertiary/aromatic N) is 1. The first-order valence-corrected chi connectivity index (χ1v) is 5.34. The van der Waals surface area contributed by atoms with Crippen LogP contribution in [0.4, 0.5) is 5.69 Å². The lowest BCUT2D eigenvalue weighted by atomic mass is 9.99. The van der Waals surface area contributed by atoms with Crippen molar-refractivity contribution in [1.82, 2.24) is 0 Å². The second-order valence-electron chi connectivity index (χ2n) is 3.48. The third kappa shape index (κ3) is 2.54. The zero-order valence-corrected chi connectivity index (χ0v) is 10.4. The van der Waals surface area contributed by atoms with Crippen LogP contribution in [0.15, 0.2) is 12.1 Å². The first-order valence-electron chi connectivity index (χ1n) is 4.51. The van der Waals surface area contributed by atoms with E-state index in [4.69, 9.17) is 11.6 Å². The van der Waals surface area contributed by atoms with Gasteiger partial charge in [-0.2, -0.15) is 0 Å². The summed E-state index contributed by atoms with van der Waals surface area (Å²) in [5.41, 5.74) is 0.989. The molecular weight excluding hydrogens is 250 g/mol. The maximum Gasteiger partial charge on any atom is 0.273 e. The van der Waals surface area contributed by atoms with Gasteiger partial charge in [0.15, 0.2) is 5.12 Å². The van der Waals surface area contributed by atoms with E-state index in [2.05, 4.69) is 12.6 Å². The van der Waals surface area contributed by atoms with Crippen molar-refractivity contribution in [3.05, 3.63) is 38.4 Å². The fraction of sp³-hybridized carbons (Fsp3) is 0.300. The Morgan fingerprint density at radius 1 is 1.56 bits per heavy atom. The molecule has 0 saturated carbocycles. The van der Waals surface area contributed by atoms with Gasteiger partial charge in [-0.1, -0.05) is 18.5 Å². The minimum Gasteiger partial charge on any atom is -0.287 e. The summed E-state index contributed by atoms with van der Waals surface area (Å²) in [6.07, 6.45) is 0. The van der Waals surface area contributed by atoms with Crippen LogP contribution in [-0.4, -0.2) is 10.0 Å². The summed E-state index contributed by atoms with van der Waals surface area (Å²) >= 11 is 9.61. The highest BCUT2D eigenvalue weighted by atomic mass is 35.5. The molecule has 4 nitrogen and oxygen atoms in total. The maximum absolute atomic E-state index is 11.1. The van der Waals surface area contributed by atoms with Gasteiger partial charge >= 0.3 is 0 Å².